The predicted molar refractivity (Wildman–Crippen MR) is 78.7 cm³/mol. The number of alkyl halides is 3. The standard InChI is InChI=1S/C14H17ClF3N3O2/c15-10-3-1-9(2-4-10)12-11(7-20-21-12)13(22)19-5-6-23-8-14(16,17)18/h1-4,11-12,20-21H,5-8H2,(H,19,22). The van der Waals surface area contributed by atoms with Crippen LogP contribution in [0.5, 0.6) is 0 Å². The zero-order chi connectivity index (χ0) is 16.9. The average Bonchev–Trinajstić information content (AvgIpc) is 2.96. The van der Waals surface area contributed by atoms with E-state index in [4.69, 9.17) is 11.6 Å². The Bertz CT molecular complexity index is 525. The molecule has 1 aromatic carbocycles. The molecule has 0 radical (unpaired) electrons. The lowest BCUT2D eigenvalue weighted by molar-refractivity contribution is -0.173. The van der Waals surface area contributed by atoms with Crippen LogP contribution in [0.2, 0.25) is 5.02 Å². The number of amides is 1. The molecule has 1 amide bonds. The molecule has 1 aliphatic heterocycles. The highest BCUT2D eigenvalue weighted by atomic mass is 35.5. The van der Waals surface area contributed by atoms with E-state index in [2.05, 4.69) is 20.9 Å². The number of benzene rings is 1. The second-order valence-electron chi connectivity index (χ2n) is 5.12. The Morgan fingerprint density at radius 2 is 2.04 bits per heavy atom. The Morgan fingerprint density at radius 1 is 1.35 bits per heavy atom. The van der Waals surface area contributed by atoms with E-state index >= 15 is 0 Å². The molecule has 128 valence electrons. The molecule has 0 saturated carbocycles. The van der Waals surface area contributed by atoms with Crippen molar-refractivity contribution in [3.63, 3.8) is 0 Å². The van der Waals surface area contributed by atoms with Gasteiger partial charge in [0.05, 0.1) is 18.6 Å². The van der Waals surface area contributed by atoms with Gasteiger partial charge in [0.15, 0.2) is 0 Å². The molecule has 5 nitrogen and oxygen atoms in total. The topological polar surface area (TPSA) is 62.4 Å². The third-order valence-corrected chi connectivity index (χ3v) is 3.61. The Labute approximate surface area is 136 Å². The first kappa shape index (κ1) is 18.0. The summed E-state index contributed by atoms with van der Waals surface area (Å²) in [4.78, 5) is 12.2. The minimum absolute atomic E-state index is 0.0265. The van der Waals surface area contributed by atoms with Gasteiger partial charge in [-0.2, -0.15) is 13.2 Å². The van der Waals surface area contributed by atoms with Crippen LogP contribution in [-0.2, 0) is 9.53 Å². The van der Waals surface area contributed by atoms with Gasteiger partial charge in [0.2, 0.25) is 5.91 Å². The van der Waals surface area contributed by atoms with E-state index in [0.717, 1.165) is 5.56 Å². The summed E-state index contributed by atoms with van der Waals surface area (Å²) in [7, 11) is 0. The summed E-state index contributed by atoms with van der Waals surface area (Å²) in [5, 5.41) is 3.18. The van der Waals surface area contributed by atoms with E-state index in [1.165, 1.54) is 0 Å². The number of carbonyl (C=O) groups excluding carboxylic acids is 1. The average molecular weight is 352 g/mol. The lowest BCUT2D eigenvalue weighted by Crippen LogP contribution is -2.37. The number of nitrogens with one attached hydrogen (secondary N) is 3. The first-order valence-corrected chi connectivity index (χ1v) is 7.41. The second kappa shape index (κ2) is 7.96. The van der Waals surface area contributed by atoms with Gasteiger partial charge in [-0.1, -0.05) is 23.7 Å². The smallest absolute Gasteiger partial charge is 0.370 e. The molecule has 23 heavy (non-hydrogen) atoms. The summed E-state index contributed by atoms with van der Waals surface area (Å²) in [6.45, 7) is -1.06. The van der Waals surface area contributed by atoms with Gasteiger partial charge in [0.1, 0.15) is 6.61 Å². The molecule has 0 aliphatic carbocycles. The van der Waals surface area contributed by atoms with Crippen LogP contribution in [0.3, 0.4) is 0 Å². The summed E-state index contributed by atoms with van der Waals surface area (Å²) in [5.41, 5.74) is 6.82. The summed E-state index contributed by atoms with van der Waals surface area (Å²) in [6, 6.07) is 6.87. The number of hydrogen-bond acceptors (Lipinski definition) is 4. The normalized spacial score (nSPS) is 21.4. The van der Waals surface area contributed by atoms with E-state index < -0.39 is 12.8 Å². The van der Waals surface area contributed by atoms with Gasteiger partial charge in [-0.15, -0.1) is 0 Å². The molecule has 1 aliphatic rings. The maximum atomic E-state index is 12.2. The highest BCUT2D eigenvalue weighted by molar-refractivity contribution is 6.30. The number of ether oxygens (including phenoxy) is 1. The molecule has 0 aromatic heterocycles. The zero-order valence-corrected chi connectivity index (χ0v) is 12.9. The highest BCUT2D eigenvalue weighted by Crippen LogP contribution is 2.26. The Kier molecular flexibility index (Phi) is 6.23. The van der Waals surface area contributed by atoms with Gasteiger partial charge < -0.3 is 10.1 Å². The SMILES string of the molecule is O=C(NCCOCC(F)(F)F)C1CNNC1c1ccc(Cl)cc1. The van der Waals surface area contributed by atoms with E-state index in [9.17, 15) is 18.0 Å². The number of halogens is 4. The van der Waals surface area contributed by atoms with Gasteiger partial charge >= 0.3 is 6.18 Å². The maximum absolute atomic E-state index is 12.2. The molecule has 1 fully saturated rings. The van der Waals surface area contributed by atoms with Crippen molar-refractivity contribution in [1.29, 1.82) is 0 Å². The Balaban J connectivity index is 1.80. The Morgan fingerprint density at radius 3 is 2.70 bits per heavy atom. The van der Waals surface area contributed by atoms with Crippen molar-refractivity contribution in [2.75, 3.05) is 26.3 Å². The summed E-state index contributed by atoms with van der Waals surface area (Å²) >= 11 is 5.84. The van der Waals surface area contributed by atoms with E-state index in [-0.39, 0.29) is 31.0 Å². The van der Waals surface area contributed by atoms with Crippen LogP contribution in [0.1, 0.15) is 11.6 Å². The lowest BCUT2D eigenvalue weighted by Gasteiger charge is -2.18. The molecule has 1 heterocycles. The van der Waals surface area contributed by atoms with Crippen LogP contribution in [-0.4, -0.2) is 38.4 Å². The summed E-state index contributed by atoms with van der Waals surface area (Å²) < 4.78 is 40.2. The van der Waals surface area contributed by atoms with Crippen molar-refractivity contribution in [3.8, 4) is 0 Å². The van der Waals surface area contributed by atoms with E-state index in [0.29, 0.717) is 11.6 Å². The summed E-state index contributed by atoms with van der Waals surface area (Å²) in [5.74, 6) is -0.628. The van der Waals surface area contributed by atoms with E-state index in [1.54, 1.807) is 12.1 Å². The predicted octanol–water partition coefficient (Wildman–Crippen LogP) is 1.80. The van der Waals surface area contributed by atoms with Gasteiger partial charge in [-0.3, -0.25) is 10.2 Å². The van der Waals surface area contributed by atoms with Crippen LogP contribution in [0.15, 0.2) is 24.3 Å². The van der Waals surface area contributed by atoms with Crippen molar-refractivity contribution in [1.82, 2.24) is 16.2 Å². The largest absolute Gasteiger partial charge is 0.411 e. The zero-order valence-electron chi connectivity index (χ0n) is 12.1. The van der Waals surface area contributed by atoms with Gasteiger partial charge in [-0.05, 0) is 17.7 Å². The lowest BCUT2D eigenvalue weighted by atomic mass is 9.94. The fourth-order valence-corrected chi connectivity index (χ4v) is 2.42. The quantitative estimate of drug-likeness (QED) is 0.684. The molecular weight excluding hydrogens is 335 g/mol. The van der Waals surface area contributed by atoms with Crippen molar-refractivity contribution in [2.24, 2.45) is 5.92 Å². The number of hydrazine groups is 1. The second-order valence-corrected chi connectivity index (χ2v) is 5.56. The first-order chi connectivity index (χ1) is 10.9. The van der Waals surface area contributed by atoms with Crippen LogP contribution in [0, 0.1) is 5.92 Å². The Hall–Kier alpha value is -1.35. The van der Waals surface area contributed by atoms with Crippen LogP contribution in [0.4, 0.5) is 13.2 Å². The highest BCUT2D eigenvalue weighted by Gasteiger charge is 2.33. The maximum Gasteiger partial charge on any atom is 0.411 e. The molecular formula is C14H17ClF3N3O2. The third-order valence-electron chi connectivity index (χ3n) is 3.36. The van der Waals surface area contributed by atoms with Crippen molar-refractivity contribution >= 4 is 17.5 Å². The molecule has 3 N–H and O–H groups in total. The molecule has 1 saturated heterocycles. The van der Waals surface area contributed by atoms with Gasteiger partial charge in [-0.25, -0.2) is 5.43 Å². The van der Waals surface area contributed by atoms with E-state index in [1.807, 2.05) is 12.1 Å². The minimum atomic E-state index is -4.36. The number of rotatable bonds is 6. The fraction of sp³-hybridized carbons (Fsp3) is 0.500. The monoisotopic (exact) mass is 351 g/mol. The number of carbonyl (C=O) groups is 1. The molecule has 2 atom stereocenters. The third kappa shape index (κ3) is 5.65. The molecule has 2 unspecified atom stereocenters. The molecule has 2 rings (SSSR count). The molecule has 9 heteroatoms. The van der Waals surface area contributed by atoms with Crippen molar-refractivity contribution < 1.29 is 22.7 Å². The van der Waals surface area contributed by atoms with Gasteiger partial charge in [0, 0.05) is 18.1 Å². The van der Waals surface area contributed by atoms with Crippen molar-refractivity contribution in [3.05, 3.63) is 34.9 Å². The number of hydrogen-bond donors (Lipinski definition) is 3. The van der Waals surface area contributed by atoms with Gasteiger partial charge in [0.25, 0.3) is 0 Å². The van der Waals surface area contributed by atoms with Crippen LogP contribution < -0.4 is 16.2 Å². The first-order valence-electron chi connectivity index (χ1n) is 7.03. The molecule has 1 aromatic rings. The van der Waals surface area contributed by atoms with Crippen LogP contribution >= 0.6 is 11.6 Å². The molecule has 0 spiro atoms. The van der Waals surface area contributed by atoms with Crippen molar-refractivity contribution in [2.45, 2.75) is 12.2 Å². The summed E-state index contributed by atoms with van der Waals surface area (Å²) in [6.07, 6.45) is -4.36. The van der Waals surface area contributed by atoms with Crippen LogP contribution in [0.25, 0.3) is 0 Å². The molecule has 0 bridgehead atoms. The fourth-order valence-electron chi connectivity index (χ4n) is 2.29. The minimum Gasteiger partial charge on any atom is -0.370 e.